The van der Waals surface area contributed by atoms with Crippen molar-refractivity contribution in [2.45, 2.75) is 38.5 Å². The Balaban J connectivity index is 2.05. The molecule has 1 saturated carbocycles. The van der Waals surface area contributed by atoms with Crippen molar-refractivity contribution >= 4 is 0 Å². The smallest absolute Gasteiger partial charge is 0.119 e. The van der Waals surface area contributed by atoms with Crippen LogP contribution >= 0.6 is 0 Å². The molecule has 0 bridgehead atoms. The average molecular weight is 204 g/mol. The van der Waals surface area contributed by atoms with Crippen LogP contribution in [0.3, 0.4) is 0 Å². The molecule has 0 saturated heterocycles. The van der Waals surface area contributed by atoms with E-state index in [1.54, 1.807) is 12.1 Å². The number of hydrogen-bond acceptors (Lipinski definition) is 2. The van der Waals surface area contributed by atoms with Crippen molar-refractivity contribution in [3.8, 4) is 11.5 Å². The minimum Gasteiger partial charge on any atom is -0.508 e. The fourth-order valence-corrected chi connectivity index (χ4v) is 3.35. The van der Waals surface area contributed by atoms with Crippen molar-refractivity contribution < 1.29 is 10.2 Å². The van der Waals surface area contributed by atoms with Gasteiger partial charge in [0.15, 0.2) is 0 Å². The maximum Gasteiger partial charge on any atom is 0.119 e. The summed E-state index contributed by atoms with van der Waals surface area (Å²) in [5.74, 6) is 0.734. The highest BCUT2D eigenvalue weighted by molar-refractivity contribution is 5.51. The molecule has 1 spiro atoms. The second kappa shape index (κ2) is 2.91. The summed E-state index contributed by atoms with van der Waals surface area (Å²) in [6.07, 6.45) is 7.03. The minimum atomic E-state index is 0.360. The zero-order chi connectivity index (χ0) is 10.5. The molecule has 0 unspecified atom stereocenters. The first kappa shape index (κ1) is 9.08. The molecule has 2 aliphatic rings. The van der Waals surface area contributed by atoms with Gasteiger partial charge in [-0.1, -0.05) is 12.8 Å². The molecule has 1 aromatic carbocycles. The Hall–Kier alpha value is -1.18. The van der Waals surface area contributed by atoms with Gasteiger partial charge in [-0.2, -0.15) is 0 Å². The maximum absolute atomic E-state index is 9.79. The topological polar surface area (TPSA) is 40.5 Å². The van der Waals surface area contributed by atoms with E-state index >= 15 is 0 Å². The lowest BCUT2D eigenvalue weighted by Gasteiger charge is -2.21. The third-order valence-electron chi connectivity index (χ3n) is 4.15. The molecule has 2 aliphatic carbocycles. The van der Waals surface area contributed by atoms with Crippen LogP contribution in [0, 0.1) is 5.41 Å². The van der Waals surface area contributed by atoms with Crippen molar-refractivity contribution in [1.82, 2.24) is 0 Å². The lowest BCUT2D eigenvalue weighted by Crippen LogP contribution is -2.15. The van der Waals surface area contributed by atoms with E-state index in [2.05, 4.69) is 0 Å². The van der Waals surface area contributed by atoms with Crippen LogP contribution in [0.5, 0.6) is 11.5 Å². The van der Waals surface area contributed by atoms with Crippen LogP contribution in [0.4, 0.5) is 0 Å². The van der Waals surface area contributed by atoms with Gasteiger partial charge in [-0.3, -0.25) is 0 Å². The number of fused-ring (bicyclic) bond motifs is 1. The lowest BCUT2D eigenvalue weighted by atomic mass is 9.83. The minimum absolute atomic E-state index is 0.360. The SMILES string of the molecule is Oc1ccc(O)c2c1CC1(CCCC1)C2. The molecule has 0 aromatic heterocycles. The fourth-order valence-electron chi connectivity index (χ4n) is 3.35. The molecule has 2 nitrogen and oxygen atoms in total. The Labute approximate surface area is 89.6 Å². The first-order valence-corrected chi connectivity index (χ1v) is 5.73. The van der Waals surface area contributed by atoms with Gasteiger partial charge >= 0.3 is 0 Å². The summed E-state index contributed by atoms with van der Waals surface area (Å²) >= 11 is 0. The van der Waals surface area contributed by atoms with E-state index in [4.69, 9.17) is 0 Å². The highest BCUT2D eigenvalue weighted by Crippen LogP contribution is 2.52. The van der Waals surface area contributed by atoms with Crippen molar-refractivity contribution in [3.63, 3.8) is 0 Å². The van der Waals surface area contributed by atoms with E-state index in [9.17, 15) is 10.2 Å². The standard InChI is InChI=1S/C13H16O2/c14-11-3-4-12(15)10-8-13(7-9(10)11)5-1-2-6-13/h3-4,14-15H,1-2,5-8H2. The molecule has 0 amide bonds. The normalized spacial score (nSPS) is 22.1. The molecule has 0 atom stereocenters. The highest BCUT2D eigenvalue weighted by Gasteiger charge is 2.41. The van der Waals surface area contributed by atoms with Gasteiger partial charge in [-0.25, -0.2) is 0 Å². The van der Waals surface area contributed by atoms with Crippen LogP contribution in [0.25, 0.3) is 0 Å². The third kappa shape index (κ3) is 1.24. The maximum atomic E-state index is 9.79. The van der Waals surface area contributed by atoms with E-state index in [0.717, 1.165) is 24.0 Å². The largest absolute Gasteiger partial charge is 0.508 e. The van der Waals surface area contributed by atoms with Crippen molar-refractivity contribution in [1.29, 1.82) is 0 Å². The van der Waals surface area contributed by atoms with E-state index < -0.39 is 0 Å². The molecule has 1 fully saturated rings. The van der Waals surface area contributed by atoms with E-state index in [-0.39, 0.29) is 0 Å². The van der Waals surface area contributed by atoms with Crippen LogP contribution in [0.15, 0.2) is 12.1 Å². The number of benzene rings is 1. The zero-order valence-corrected chi connectivity index (χ0v) is 8.79. The summed E-state index contributed by atoms with van der Waals surface area (Å²) < 4.78 is 0. The van der Waals surface area contributed by atoms with Gasteiger partial charge in [0.1, 0.15) is 11.5 Å². The summed E-state index contributed by atoms with van der Waals surface area (Å²) in [5.41, 5.74) is 2.35. The van der Waals surface area contributed by atoms with E-state index in [1.165, 1.54) is 25.7 Å². The first-order chi connectivity index (χ1) is 7.20. The van der Waals surface area contributed by atoms with Crippen molar-refractivity contribution in [2.75, 3.05) is 0 Å². The molecule has 0 aliphatic heterocycles. The Morgan fingerprint density at radius 3 is 1.80 bits per heavy atom. The van der Waals surface area contributed by atoms with Crippen LogP contribution in [-0.4, -0.2) is 10.2 Å². The molecule has 2 heteroatoms. The van der Waals surface area contributed by atoms with Gasteiger partial charge in [0.2, 0.25) is 0 Å². The van der Waals surface area contributed by atoms with Crippen LogP contribution in [0.2, 0.25) is 0 Å². The Kier molecular flexibility index (Phi) is 1.76. The number of hydrogen-bond donors (Lipinski definition) is 2. The second-order valence-corrected chi connectivity index (χ2v) is 5.12. The van der Waals surface area contributed by atoms with Gasteiger partial charge in [0.05, 0.1) is 0 Å². The molecule has 1 aromatic rings. The second-order valence-electron chi connectivity index (χ2n) is 5.12. The highest BCUT2D eigenvalue weighted by atomic mass is 16.3. The summed E-state index contributed by atoms with van der Waals surface area (Å²) in [6.45, 7) is 0. The summed E-state index contributed by atoms with van der Waals surface area (Å²) in [7, 11) is 0. The quantitative estimate of drug-likeness (QED) is 0.638. The Morgan fingerprint density at radius 2 is 1.33 bits per heavy atom. The molecule has 15 heavy (non-hydrogen) atoms. The zero-order valence-electron chi connectivity index (χ0n) is 8.79. The van der Waals surface area contributed by atoms with Crippen LogP contribution in [-0.2, 0) is 12.8 Å². The molecule has 0 radical (unpaired) electrons. The lowest BCUT2D eigenvalue weighted by molar-refractivity contribution is 0.313. The number of rotatable bonds is 0. The van der Waals surface area contributed by atoms with Crippen molar-refractivity contribution in [3.05, 3.63) is 23.3 Å². The van der Waals surface area contributed by atoms with Crippen molar-refractivity contribution in [2.24, 2.45) is 5.41 Å². The molecule has 2 N–H and O–H groups in total. The summed E-state index contributed by atoms with van der Waals surface area (Å²) in [6, 6.07) is 3.23. The number of phenols is 2. The van der Waals surface area contributed by atoms with Gasteiger partial charge < -0.3 is 10.2 Å². The predicted octanol–water partition coefficient (Wildman–Crippen LogP) is 2.76. The monoisotopic (exact) mass is 204 g/mol. The third-order valence-corrected chi connectivity index (χ3v) is 4.15. The average Bonchev–Trinajstić information content (AvgIpc) is 2.82. The van der Waals surface area contributed by atoms with Crippen LogP contribution in [0.1, 0.15) is 36.8 Å². The Bertz CT molecular complexity index is 370. The molecule has 80 valence electrons. The fraction of sp³-hybridized carbons (Fsp3) is 0.538. The van der Waals surface area contributed by atoms with Gasteiger partial charge in [0.25, 0.3) is 0 Å². The van der Waals surface area contributed by atoms with E-state index in [1.807, 2.05) is 0 Å². The molecular formula is C13H16O2. The predicted molar refractivity (Wildman–Crippen MR) is 58.1 cm³/mol. The summed E-state index contributed by atoms with van der Waals surface area (Å²) in [4.78, 5) is 0. The van der Waals surface area contributed by atoms with Gasteiger partial charge in [0, 0.05) is 11.1 Å². The van der Waals surface area contributed by atoms with Gasteiger partial charge in [-0.15, -0.1) is 0 Å². The van der Waals surface area contributed by atoms with Crippen LogP contribution < -0.4 is 0 Å². The molecular weight excluding hydrogens is 188 g/mol. The first-order valence-electron chi connectivity index (χ1n) is 5.73. The molecule has 3 rings (SSSR count). The number of phenolic OH excluding ortho intramolecular Hbond substituents is 2. The van der Waals surface area contributed by atoms with E-state index in [0.29, 0.717) is 16.9 Å². The Morgan fingerprint density at radius 1 is 0.867 bits per heavy atom. The van der Waals surface area contributed by atoms with Gasteiger partial charge in [-0.05, 0) is 43.2 Å². The number of aromatic hydroxyl groups is 2. The summed E-state index contributed by atoms with van der Waals surface area (Å²) in [5, 5.41) is 19.6. The molecule has 0 heterocycles.